The van der Waals surface area contributed by atoms with Crippen LogP contribution in [0.25, 0.3) is 0 Å². The van der Waals surface area contributed by atoms with Crippen LogP contribution in [0.15, 0.2) is 36.9 Å². The molecule has 6 nitrogen and oxygen atoms in total. The number of rotatable bonds is 9. The fraction of sp³-hybridized carbons (Fsp3) is 0.353. The Morgan fingerprint density at radius 2 is 2.09 bits per heavy atom. The maximum absolute atomic E-state index is 11.9. The van der Waals surface area contributed by atoms with Crippen LogP contribution in [0.2, 0.25) is 0 Å². The molecule has 0 radical (unpaired) electrons. The molecule has 1 atom stereocenters. The number of allylic oxidation sites excluding steroid dienone is 1. The summed E-state index contributed by atoms with van der Waals surface area (Å²) in [6.45, 7) is 3.54. The third-order valence-electron chi connectivity index (χ3n) is 3.35. The number of carboxylic acids is 1. The topological polar surface area (TPSA) is 95.5 Å². The van der Waals surface area contributed by atoms with Gasteiger partial charge in [-0.2, -0.15) is 0 Å². The Kier molecular flexibility index (Phi) is 7.53. The van der Waals surface area contributed by atoms with E-state index >= 15 is 0 Å². The molecule has 0 heterocycles. The minimum absolute atomic E-state index is 0.162. The van der Waals surface area contributed by atoms with E-state index in [0.717, 1.165) is 5.56 Å². The van der Waals surface area contributed by atoms with Crippen LogP contribution in [0.5, 0.6) is 0 Å². The zero-order valence-corrected chi connectivity index (χ0v) is 13.2. The van der Waals surface area contributed by atoms with Gasteiger partial charge in [-0.05, 0) is 37.0 Å². The van der Waals surface area contributed by atoms with Crippen molar-refractivity contribution in [2.75, 3.05) is 7.05 Å². The number of hydrogen-bond donors (Lipinski definition) is 3. The van der Waals surface area contributed by atoms with Crippen LogP contribution < -0.4 is 10.6 Å². The molecule has 0 fully saturated rings. The second-order valence-electron chi connectivity index (χ2n) is 5.10. The van der Waals surface area contributed by atoms with Crippen molar-refractivity contribution >= 4 is 17.8 Å². The predicted molar refractivity (Wildman–Crippen MR) is 87.2 cm³/mol. The van der Waals surface area contributed by atoms with E-state index in [-0.39, 0.29) is 18.2 Å². The van der Waals surface area contributed by atoms with E-state index in [1.54, 1.807) is 31.3 Å². The Labute approximate surface area is 135 Å². The maximum atomic E-state index is 11.9. The average molecular weight is 318 g/mol. The second kappa shape index (κ2) is 9.40. The molecule has 0 bridgehead atoms. The molecule has 1 unspecified atom stereocenters. The number of carbonyl (C=O) groups excluding carboxylic acids is 2. The van der Waals surface area contributed by atoms with Gasteiger partial charge in [0.05, 0.1) is 0 Å². The van der Waals surface area contributed by atoms with E-state index in [1.807, 2.05) is 6.07 Å². The van der Waals surface area contributed by atoms with Crippen LogP contribution in [0.4, 0.5) is 0 Å². The van der Waals surface area contributed by atoms with E-state index in [0.29, 0.717) is 24.8 Å². The Hall–Kier alpha value is -2.63. The van der Waals surface area contributed by atoms with Gasteiger partial charge >= 0.3 is 5.97 Å². The van der Waals surface area contributed by atoms with Crippen molar-refractivity contribution in [3.8, 4) is 0 Å². The quantitative estimate of drug-likeness (QED) is 0.601. The first kappa shape index (κ1) is 18.4. The van der Waals surface area contributed by atoms with Gasteiger partial charge in [-0.3, -0.25) is 9.59 Å². The lowest BCUT2D eigenvalue weighted by molar-refractivity contribution is -0.142. The third-order valence-corrected chi connectivity index (χ3v) is 3.35. The molecular weight excluding hydrogens is 296 g/mol. The summed E-state index contributed by atoms with van der Waals surface area (Å²) < 4.78 is 0. The Bertz CT molecular complexity index is 584. The normalized spacial score (nSPS) is 11.3. The molecule has 23 heavy (non-hydrogen) atoms. The minimum Gasteiger partial charge on any atom is -0.480 e. The smallest absolute Gasteiger partial charge is 0.326 e. The highest BCUT2D eigenvalue weighted by molar-refractivity contribution is 5.94. The summed E-state index contributed by atoms with van der Waals surface area (Å²) in [5, 5.41) is 14.1. The predicted octanol–water partition coefficient (Wildman–Crippen LogP) is 1.51. The maximum Gasteiger partial charge on any atom is 0.326 e. The van der Waals surface area contributed by atoms with Gasteiger partial charge in [-0.1, -0.05) is 18.2 Å². The summed E-state index contributed by atoms with van der Waals surface area (Å²) in [6.07, 6.45) is 3.05. The number of aryl methyl sites for hydroxylation is 1. The van der Waals surface area contributed by atoms with Gasteiger partial charge < -0.3 is 15.7 Å². The molecule has 3 N–H and O–H groups in total. The van der Waals surface area contributed by atoms with E-state index < -0.39 is 12.0 Å². The largest absolute Gasteiger partial charge is 0.480 e. The minimum atomic E-state index is -1.05. The fourth-order valence-electron chi connectivity index (χ4n) is 2.08. The molecule has 0 saturated heterocycles. The molecule has 0 spiro atoms. The summed E-state index contributed by atoms with van der Waals surface area (Å²) in [5.41, 5.74) is 1.37. The number of aliphatic carboxylic acids is 1. The van der Waals surface area contributed by atoms with E-state index in [9.17, 15) is 14.4 Å². The fourth-order valence-corrected chi connectivity index (χ4v) is 2.08. The van der Waals surface area contributed by atoms with Gasteiger partial charge in [-0.25, -0.2) is 4.79 Å². The molecular formula is C17H22N2O4. The van der Waals surface area contributed by atoms with Crippen molar-refractivity contribution in [1.82, 2.24) is 10.6 Å². The van der Waals surface area contributed by atoms with Gasteiger partial charge in [0.2, 0.25) is 5.91 Å². The van der Waals surface area contributed by atoms with Crippen LogP contribution in [-0.2, 0) is 16.0 Å². The zero-order chi connectivity index (χ0) is 17.2. The number of benzene rings is 1. The lowest BCUT2D eigenvalue weighted by Gasteiger charge is -2.13. The van der Waals surface area contributed by atoms with Gasteiger partial charge in [0.1, 0.15) is 6.04 Å². The van der Waals surface area contributed by atoms with Crippen molar-refractivity contribution in [2.24, 2.45) is 0 Å². The van der Waals surface area contributed by atoms with Gasteiger partial charge in [0, 0.05) is 19.0 Å². The standard InChI is InChI=1S/C17H22N2O4/c1-3-4-8-14(17(22)23)19-15(20)10-9-12-6-5-7-13(11-12)16(21)18-2/h3,5-7,11,14H,1,4,8-10H2,2H3,(H,18,21)(H,19,20)(H,22,23). The molecule has 1 rings (SSSR count). The number of carboxylic acid groups (broad SMARTS) is 1. The number of hydrogen-bond acceptors (Lipinski definition) is 3. The summed E-state index contributed by atoms with van der Waals surface area (Å²) in [7, 11) is 1.55. The van der Waals surface area contributed by atoms with Crippen molar-refractivity contribution in [2.45, 2.75) is 31.7 Å². The zero-order valence-electron chi connectivity index (χ0n) is 13.2. The van der Waals surface area contributed by atoms with Gasteiger partial charge in [0.25, 0.3) is 5.91 Å². The summed E-state index contributed by atoms with van der Waals surface area (Å²) in [5.74, 6) is -1.57. The highest BCUT2D eigenvalue weighted by Crippen LogP contribution is 2.08. The van der Waals surface area contributed by atoms with Crippen LogP contribution in [0.3, 0.4) is 0 Å². The van der Waals surface area contributed by atoms with Crippen LogP contribution in [0, 0.1) is 0 Å². The van der Waals surface area contributed by atoms with E-state index in [4.69, 9.17) is 5.11 Å². The van der Waals surface area contributed by atoms with E-state index in [1.165, 1.54) is 0 Å². The third kappa shape index (κ3) is 6.34. The molecule has 1 aromatic carbocycles. The highest BCUT2D eigenvalue weighted by atomic mass is 16.4. The first-order valence-electron chi connectivity index (χ1n) is 7.42. The first-order valence-corrected chi connectivity index (χ1v) is 7.42. The molecule has 2 amide bonds. The van der Waals surface area contributed by atoms with Gasteiger partial charge in [0.15, 0.2) is 0 Å². The van der Waals surface area contributed by atoms with Crippen molar-refractivity contribution in [3.63, 3.8) is 0 Å². The molecule has 0 aliphatic carbocycles. The highest BCUT2D eigenvalue weighted by Gasteiger charge is 2.18. The number of amides is 2. The van der Waals surface area contributed by atoms with Crippen molar-refractivity contribution < 1.29 is 19.5 Å². The summed E-state index contributed by atoms with van der Waals surface area (Å²) >= 11 is 0. The summed E-state index contributed by atoms with van der Waals surface area (Å²) in [6, 6.07) is 6.09. The number of nitrogens with one attached hydrogen (secondary N) is 2. The summed E-state index contributed by atoms with van der Waals surface area (Å²) in [4.78, 5) is 34.5. The molecule has 0 aliphatic rings. The lowest BCUT2D eigenvalue weighted by Crippen LogP contribution is -2.40. The molecule has 0 aromatic heterocycles. The Morgan fingerprint density at radius 1 is 1.35 bits per heavy atom. The number of carbonyl (C=O) groups is 3. The molecule has 124 valence electrons. The SMILES string of the molecule is C=CCCC(NC(=O)CCc1cccc(C(=O)NC)c1)C(=O)O. The molecule has 0 aliphatic heterocycles. The van der Waals surface area contributed by atoms with Crippen LogP contribution >= 0.6 is 0 Å². The van der Waals surface area contributed by atoms with Crippen LogP contribution in [-0.4, -0.2) is 36.0 Å². The first-order chi connectivity index (χ1) is 11.0. The Morgan fingerprint density at radius 3 is 2.70 bits per heavy atom. The molecule has 1 aromatic rings. The van der Waals surface area contributed by atoms with E-state index in [2.05, 4.69) is 17.2 Å². The van der Waals surface area contributed by atoms with Crippen molar-refractivity contribution in [1.29, 1.82) is 0 Å². The molecule has 6 heteroatoms. The van der Waals surface area contributed by atoms with Crippen LogP contribution in [0.1, 0.15) is 35.2 Å². The monoisotopic (exact) mass is 318 g/mol. The Balaban J connectivity index is 2.56. The van der Waals surface area contributed by atoms with Gasteiger partial charge in [-0.15, -0.1) is 6.58 Å². The van der Waals surface area contributed by atoms with Crippen molar-refractivity contribution in [3.05, 3.63) is 48.0 Å². The lowest BCUT2D eigenvalue weighted by atomic mass is 10.1. The molecule has 0 saturated carbocycles. The average Bonchev–Trinajstić information content (AvgIpc) is 2.56. The second-order valence-corrected chi connectivity index (χ2v) is 5.10.